The number of thiazole rings is 1. The smallest absolute Gasteiger partial charge is 0.251 e. The van der Waals surface area contributed by atoms with Crippen molar-refractivity contribution in [3.05, 3.63) is 61.1 Å². The highest BCUT2D eigenvalue weighted by Crippen LogP contribution is 2.31. The summed E-state index contributed by atoms with van der Waals surface area (Å²) in [6, 6.07) is 4.09. The summed E-state index contributed by atoms with van der Waals surface area (Å²) in [6.45, 7) is 1.59. The molecule has 3 aromatic rings. The molecule has 2 aliphatic carbocycles. The van der Waals surface area contributed by atoms with Crippen molar-refractivity contribution in [3.8, 4) is 11.3 Å². The summed E-state index contributed by atoms with van der Waals surface area (Å²) in [5.74, 6) is 1.80. The highest BCUT2D eigenvalue weighted by molar-refractivity contribution is 7.11. The van der Waals surface area contributed by atoms with E-state index in [9.17, 15) is 4.79 Å². The SMILES string of the molecule is CN(Cc1ccc(-c2c[nH]c(=O)c3c2CCCC3)o1)Cc1nc2c(s1)CCCC2. The largest absolute Gasteiger partial charge is 0.460 e. The van der Waals surface area contributed by atoms with Gasteiger partial charge in [-0.2, -0.15) is 0 Å². The van der Waals surface area contributed by atoms with Gasteiger partial charge >= 0.3 is 0 Å². The number of hydrogen-bond donors (Lipinski definition) is 1. The number of nitrogens with zero attached hydrogens (tertiary/aromatic N) is 2. The molecule has 0 radical (unpaired) electrons. The molecule has 0 aliphatic heterocycles. The number of aromatic nitrogens is 2. The van der Waals surface area contributed by atoms with Crippen LogP contribution in [0.4, 0.5) is 0 Å². The van der Waals surface area contributed by atoms with Crippen LogP contribution in [0.3, 0.4) is 0 Å². The quantitative estimate of drug-likeness (QED) is 0.675. The van der Waals surface area contributed by atoms with Crippen LogP contribution in [0.2, 0.25) is 0 Å². The maximum Gasteiger partial charge on any atom is 0.251 e. The van der Waals surface area contributed by atoms with Gasteiger partial charge in [0.05, 0.1) is 18.8 Å². The standard InChI is InChI=1S/C23H27N3O2S/c1-26(14-22-25-19-8-4-5-9-21(19)29-22)13-15-10-11-20(28-15)18-12-24-23(27)17-7-3-2-6-16(17)18/h10-12H,2-9,13-14H2,1H3,(H,24,27). The van der Waals surface area contributed by atoms with E-state index in [-0.39, 0.29) is 5.56 Å². The first-order valence-electron chi connectivity index (χ1n) is 10.7. The van der Waals surface area contributed by atoms with Crippen LogP contribution in [-0.4, -0.2) is 21.9 Å². The average Bonchev–Trinajstić information content (AvgIpc) is 3.34. The van der Waals surface area contributed by atoms with E-state index in [4.69, 9.17) is 9.40 Å². The minimum absolute atomic E-state index is 0.0566. The van der Waals surface area contributed by atoms with E-state index in [1.807, 2.05) is 23.6 Å². The van der Waals surface area contributed by atoms with Crippen LogP contribution >= 0.6 is 11.3 Å². The van der Waals surface area contributed by atoms with Gasteiger partial charge in [0.1, 0.15) is 16.5 Å². The van der Waals surface area contributed by atoms with Gasteiger partial charge in [0.25, 0.3) is 5.56 Å². The first-order chi connectivity index (χ1) is 14.2. The Labute approximate surface area is 174 Å². The third-order valence-corrected chi connectivity index (χ3v) is 7.20. The van der Waals surface area contributed by atoms with Crippen molar-refractivity contribution in [2.24, 2.45) is 0 Å². The van der Waals surface area contributed by atoms with E-state index in [1.54, 1.807) is 0 Å². The summed E-state index contributed by atoms with van der Waals surface area (Å²) in [6.07, 6.45) is 10.8. The Morgan fingerprint density at radius 3 is 2.72 bits per heavy atom. The zero-order valence-electron chi connectivity index (χ0n) is 16.9. The van der Waals surface area contributed by atoms with Crippen LogP contribution in [0.5, 0.6) is 0 Å². The van der Waals surface area contributed by atoms with E-state index in [0.29, 0.717) is 0 Å². The highest BCUT2D eigenvalue weighted by atomic mass is 32.1. The molecule has 0 unspecified atom stereocenters. The van der Waals surface area contributed by atoms with Crippen LogP contribution < -0.4 is 5.56 Å². The molecule has 5 nitrogen and oxygen atoms in total. The van der Waals surface area contributed by atoms with Gasteiger partial charge in [-0.25, -0.2) is 4.98 Å². The van der Waals surface area contributed by atoms with Crippen molar-refractivity contribution in [3.63, 3.8) is 0 Å². The molecule has 0 saturated carbocycles. The number of rotatable bonds is 5. The van der Waals surface area contributed by atoms with Crippen molar-refractivity contribution in [2.45, 2.75) is 64.5 Å². The number of furan rings is 1. The zero-order valence-corrected chi connectivity index (χ0v) is 17.7. The lowest BCUT2D eigenvalue weighted by Gasteiger charge is -2.17. The normalized spacial score (nSPS) is 16.1. The van der Waals surface area contributed by atoms with Crippen molar-refractivity contribution >= 4 is 11.3 Å². The van der Waals surface area contributed by atoms with Crippen molar-refractivity contribution in [1.29, 1.82) is 0 Å². The van der Waals surface area contributed by atoms with E-state index in [0.717, 1.165) is 67.8 Å². The molecule has 5 rings (SSSR count). The third-order valence-electron chi connectivity index (χ3n) is 6.06. The van der Waals surface area contributed by atoms with Gasteiger partial charge < -0.3 is 9.40 Å². The highest BCUT2D eigenvalue weighted by Gasteiger charge is 2.20. The minimum Gasteiger partial charge on any atom is -0.460 e. The van der Waals surface area contributed by atoms with Crippen molar-refractivity contribution in [2.75, 3.05) is 7.05 Å². The Morgan fingerprint density at radius 1 is 1.07 bits per heavy atom. The topological polar surface area (TPSA) is 62.1 Å². The first-order valence-corrected chi connectivity index (χ1v) is 11.5. The van der Waals surface area contributed by atoms with Crippen LogP contribution in [0.25, 0.3) is 11.3 Å². The molecule has 152 valence electrons. The molecule has 0 saturated heterocycles. The van der Waals surface area contributed by atoms with Crippen molar-refractivity contribution in [1.82, 2.24) is 14.9 Å². The number of hydrogen-bond acceptors (Lipinski definition) is 5. The van der Waals surface area contributed by atoms with E-state index in [1.165, 1.54) is 40.4 Å². The van der Waals surface area contributed by atoms with Gasteiger partial charge in [-0.1, -0.05) is 0 Å². The Kier molecular flexibility index (Phi) is 5.14. The van der Waals surface area contributed by atoms with Gasteiger partial charge in [0.15, 0.2) is 0 Å². The number of aromatic amines is 1. The number of nitrogens with one attached hydrogen (secondary N) is 1. The number of aryl methyl sites for hydroxylation is 2. The Bertz CT molecular complexity index is 1050. The molecular weight excluding hydrogens is 382 g/mol. The van der Waals surface area contributed by atoms with E-state index < -0.39 is 0 Å². The summed E-state index contributed by atoms with van der Waals surface area (Å²) in [7, 11) is 2.12. The molecular formula is C23H27N3O2S. The summed E-state index contributed by atoms with van der Waals surface area (Å²) >= 11 is 1.88. The molecule has 2 aliphatic rings. The van der Waals surface area contributed by atoms with Crippen LogP contribution in [0.15, 0.2) is 27.5 Å². The zero-order chi connectivity index (χ0) is 19.8. The Morgan fingerprint density at radius 2 is 1.86 bits per heavy atom. The molecule has 3 aromatic heterocycles. The Hall–Kier alpha value is -2.18. The van der Waals surface area contributed by atoms with Gasteiger partial charge in [0, 0.05) is 22.2 Å². The fourth-order valence-electron chi connectivity index (χ4n) is 4.62. The number of H-pyrrole nitrogens is 1. The predicted molar refractivity (Wildman–Crippen MR) is 115 cm³/mol. The molecule has 0 fully saturated rings. The Balaban J connectivity index is 1.30. The molecule has 0 spiro atoms. The maximum absolute atomic E-state index is 12.1. The van der Waals surface area contributed by atoms with Gasteiger partial charge in [-0.15, -0.1) is 11.3 Å². The second-order valence-electron chi connectivity index (χ2n) is 8.32. The molecule has 0 bridgehead atoms. The van der Waals surface area contributed by atoms with Gasteiger partial charge in [-0.05, 0) is 76.1 Å². The molecule has 3 heterocycles. The summed E-state index contributed by atoms with van der Waals surface area (Å²) in [4.78, 5) is 23.6. The van der Waals surface area contributed by atoms with Crippen LogP contribution in [0, 0.1) is 0 Å². The molecule has 6 heteroatoms. The summed E-state index contributed by atoms with van der Waals surface area (Å²) in [5, 5.41) is 1.21. The first kappa shape index (κ1) is 18.8. The molecule has 0 aromatic carbocycles. The van der Waals surface area contributed by atoms with Crippen molar-refractivity contribution < 1.29 is 4.42 Å². The van der Waals surface area contributed by atoms with Crippen LogP contribution in [-0.2, 0) is 38.8 Å². The summed E-state index contributed by atoms with van der Waals surface area (Å²) < 4.78 is 6.18. The van der Waals surface area contributed by atoms with E-state index >= 15 is 0 Å². The fourth-order valence-corrected chi connectivity index (χ4v) is 5.86. The second-order valence-corrected chi connectivity index (χ2v) is 9.49. The lowest BCUT2D eigenvalue weighted by molar-refractivity contribution is 0.289. The lowest BCUT2D eigenvalue weighted by Crippen LogP contribution is -2.19. The fraction of sp³-hybridized carbons (Fsp3) is 0.478. The van der Waals surface area contributed by atoms with Crippen LogP contribution in [0.1, 0.15) is 58.1 Å². The minimum atomic E-state index is 0.0566. The molecule has 29 heavy (non-hydrogen) atoms. The van der Waals surface area contributed by atoms with E-state index in [2.05, 4.69) is 23.0 Å². The lowest BCUT2D eigenvalue weighted by atomic mass is 9.89. The van der Waals surface area contributed by atoms with Gasteiger partial charge in [-0.3, -0.25) is 9.69 Å². The summed E-state index contributed by atoms with van der Waals surface area (Å²) in [5.41, 5.74) is 4.54. The molecule has 1 N–H and O–H groups in total. The number of pyridine rings is 1. The molecule has 0 atom stereocenters. The average molecular weight is 410 g/mol. The third kappa shape index (κ3) is 3.83. The second kappa shape index (κ2) is 7.92. The van der Waals surface area contributed by atoms with Gasteiger partial charge in [0.2, 0.25) is 0 Å². The number of fused-ring (bicyclic) bond motifs is 2. The molecule has 0 amide bonds. The predicted octanol–water partition coefficient (Wildman–Crippen LogP) is 4.48. The monoisotopic (exact) mass is 409 g/mol. The maximum atomic E-state index is 12.1.